The molecule has 2 aromatic rings. The lowest BCUT2D eigenvalue weighted by molar-refractivity contribution is 0.0610. The summed E-state index contributed by atoms with van der Waals surface area (Å²) >= 11 is 2.26. The second kappa shape index (κ2) is 6.18. The van der Waals surface area contributed by atoms with E-state index >= 15 is 0 Å². The van der Waals surface area contributed by atoms with Gasteiger partial charge in [0.25, 0.3) is 0 Å². The minimum absolute atomic E-state index is 0.520. The zero-order chi connectivity index (χ0) is 16.8. The third-order valence-electron chi connectivity index (χ3n) is 5.42. The van der Waals surface area contributed by atoms with E-state index in [-0.39, 0.29) is 0 Å². The van der Waals surface area contributed by atoms with Crippen molar-refractivity contribution in [3.8, 4) is 0 Å². The molecule has 2 aliphatic rings. The van der Waals surface area contributed by atoms with Gasteiger partial charge in [-0.05, 0) is 42.4 Å². The number of allylic oxidation sites excluding steroid dienone is 1. The quantitative estimate of drug-likeness (QED) is 0.746. The molecule has 24 heavy (non-hydrogen) atoms. The van der Waals surface area contributed by atoms with Crippen LogP contribution in [0, 0.1) is 3.70 Å². The molecule has 0 amide bonds. The number of rotatable bonds is 3. The number of aromatic nitrogens is 3. The maximum atomic E-state index is 6.01. The van der Waals surface area contributed by atoms with Gasteiger partial charge in [-0.1, -0.05) is 6.58 Å². The van der Waals surface area contributed by atoms with Gasteiger partial charge in [-0.15, -0.1) is 0 Å². The number of nitrogens with zero attached hydrogens (tertiary/aromatic N) is 5. The molecule has 0 bridgehead atoms. The van der Waals surface area contributed by atoms with Crippen molar-refractivity contribution in [1.29, 1.82) is 0 Å². The van der Waals surface area contributed by atoms with E-state index < -0.39 is 0 Å². The SMILES string of the molecule is C=C(C)N1CCN([C@H]2C[C@@H](c3nc(I)c4c(N)nccn43)C2)CC1. The van der Waals surface area contributed by atoms with Crippen molar-refractivity contribution in [2.45, 2.75) is 31.7 Å². The molecule has 0 spiro atoms. The van der Waals surface area contributed by atoms with Gasteiger partial charge >= 0.3 is 0 Å². The first-order valence-electron chi connectivity index (χ1n) is 8.47. The fraction of sp³-hybridized carbons (Fsp3) is 0.529. The summed E-state index contributed by atoms with van der Waals surface area (Å²) in [5, 5.41) is 0. The molecule has 0 radical (unpaired) electrons. The summed E-state index contributed by atoms with van der Waals surface area (Å²) in [5.74, 6) is 2.22. The number of nitrogen functional groups attached to an aromatic ring is 1. The number of anilines is 1. The molecule has 128 valence electrons. The third kappa shape index (κ3) is 2.67. The molecule has 0 aromatic carbocycles. The summed E-state index contributed by atoms with van der Waals surface area (Å²) in [7, 11) is 0. The Balaban J connectivity index is 1.43. The standard InChI is InChI=1S/C17H23IN6/c1-11(2)22-5-7-23(8-6-22)13-9-12(10-13)17-21-15(18)14-16(19)20-3-4-24(14)17/h3-4,12-13H,1,5-10H2,2H3,(H2,19,20)/t12-,13+. The highest BCUT2D eigenvalue weighted by molar-refractivity contribution is 14.1. The minimum atomic E-state index is 0.520. The van der Waals surface area contributed by atoms with Crippen molar-refractivity contribution in [3.05, 3.63) is 34.2 Å². The molecule has 0 atom stereocenters. The van der Waals surface area contributed by atoms with E-state index in [0.29, 0.717) is 17.8 Å². The lowest BCUT2D eigenvalue weighted by atomic mass is 9.78. The molecule has 7 heteroatoms. The smallest absolute Gasteiger partial charge is 0.150 e. The molecular weight excluding hydrogens is 415 g/mol. The van der Waals surface area contributed by atoms with Gasteiger partial charge in [0.15, 0.2) is 5.82 Å². The Hall–Kier alpha value is -1.35. The summed E-state index contributed by atoms with van der Waals surface area (Å²) in [5.41, 5.74) is 8.15. The second-order valence-corrected chi connectivity index (χ2v) is 7.89. The van der Waals surface area contributed by atoms with Gasteiger partial charge in [0.1, 0.15) is 15.0 Å². The van der Waals surface area contributed by atoms with Crippen LogP contribution in [0.5, 0.6) is 0 Å². The predicted octanol–water partition coefficient (Wildman–Crippen LogP) is 2.31. The predicted molar refractivity (Wildman–Crippen MR) is 104 cm³/mol. The molecule has 1 saturated carbocycles. The highest BCUT2D eigenvalue weighted by Crippen LogP contribution is 2.40. The molecule has 0 unspecified atom stereocenters. The van der Waals surface area contributed by atoms with Crippen molar-refractivity contribution < 1.29 is 0 Å². The molecule has 3 heterocycles. The molecule has 6 nitrogen and oxygen atoms in total. The van der Waals surface area contributed by atoms with Gasteiger partial charge in [0.2, 0.25) is 0 Å². The second-order valence-electron chi connectivity index (χ2n) is 6.87. The fourth-order valence-electron chi connectivity index (χ4n) is 3.90. The molecule has 2 N–H and O–H groups in total. The van der Waals surface area contributed by atoms with E-state index in [1.54, 1.807) is 6.20 Å². The van der Waals surface area contributed by atoms with E-state index in [1.165, 1.54) is 18.5 Å². The maximum Gasteiger partial charge on any atom is 0.150 e. The maximum absolute atomic E-state index is 6.01. The lowest BCUT2D eigenvalue weighted by Gasteiger charge is -2.46. The van der Waals surface area contributed by atoms with Crippen LogP contribution in [0.4, 0.5) is 5.82 Å². The molecule has 1 aliphatic carbocycles. The largest absolute Gasteiger partial charge is 0.382 e. The van der Waals surface area contributed by atoms with Crippen molar-refractivity contribution in [1.82, 2.24) is 24.2 Å². The summed E-state index contributed by atoms with van der Waals surface area (Å²) in [6.07, 6.45) is 6.11. The van der Waals surface area contributed by atoms with Crippen LogP contribution in [0.25, 0.3) is 5.52 Å². The van der Waals surface area contributed by atoms with E-state index in [2.05, 4.69) is 55.3 Å². The molecule has 2 fully saturated rings. The molecule has 1 saturated heterocycles. The fourth-order valence-corrected chi connectivity index (χ4v) is 4.68. The Labute approximate surface area is 155 Å². The number of halogens is 1. The number of hydrogen-bond donors (Lipinski definition) is 1. The Morgan fingerprint density at radius 3 is 2.67 bits per heavy atom. The van der Waals surface area contributed by atoms with Gasteiger partial charge in [0, 0.05) is 56.2 Å². The van der Waals surface area contributed by atoms with Gasteiger partial charge in [0.05, 0.1) is 0 Å². The van der Waals surface area contributed by atoms with Crippen molar-refractivity contribution in [2.24, 2.45) is 0 Å². The molecule has 4 rings (SSSR count). The number of piperazine rings is 1. The van der Waals surface area contributed by atoms with E-state index in [1.807, 2.05) is 6.20 Å². The van der Waals surface area contributed by atoms with E-state index in [9.17, 15) is 0 Å². The summed E-state index contributed by atoms with van der Waals surface area (Å²) in [4.78, 5) is 14.0. The van der Waals surface area contributed by atoms with E-state index in [0.717, 1.165) is 41.2 Å². The number of hydrogen-bond acceptors (Lipinski definition) is 5. The lowest BCUT2D eigenvalue weighted by Crippen LogP contribution is -2.53. The van der Waals surface area contributed by atoms with Crippen LogP contribution in [0.3, 0.4) is 0 Å². The Kier molecular flexibility index (Phi) is 4.16. The highest BCUT2D eigenvalue weighted by atomic mass is 127. The zero-order valence-electron chi connectivity index (χ0n) is 14.0. The number of fused-ring (bicyclic) bond motifs is 1. The van der Waals surface area contributed by atoms with Crippen molar-refractivity contribution >= 4 is 33.9 Å². The van der Waals surface area contributed by atoms with Gasteiger partial charge < -0.3 is 10.6 Å². The average molecular weight is 438 g/mol. The first-order valence-corrected chi connectivity index (χ1v) is 9.55. The summed E-state index contributed by atoms with van der Waals surface area (Å²) in [6.45, 7) is 10.6. The Morgan fingerprint density at radius 1 is 1.29 bits per heavy atom. The minimum Gasteiger partial charge on any atom is -0.382 e. The molecule has 2 aromatic heterocycles. The van der Waals surface area contributed by atoms with Crippen LogP contribution in [0.2, 0.25) is 0 Å². The van der Waals surface area contributed by atoms with Gasteiger partial charge in [-0.3, -0.25) is 9.30 Å². The monoisotopic (exact) mass is 438 g/mol. The van der Waals surface area contributed by atoms with Gasteiger partial charge in [-0.2, -0.15) is 0 Å². The Morgan fingerprint density at radius 2 is 2.00 bits per heavy atom. The highest BCUT2D eigenvalue weighted by Gasteiger charge is 2.38. The van der Waals surface area contributed by atoms with Crippen LogP contribution >= 0.6 is 22.6 Å². The van der Waals surface area contributed by atoms with Crippen molar-refractivity contribution in [3.63, 3.8) is 0 Å². The van der Waals surface area contributed by atoms with E-state index in [4.69, 9.17) is 10.7 Å². The average Bonchev–Trinajstić information content (AvgIpc) is 2.85. The Bertz CT molecular complexity index is 771. The normalized spacial score (nSPS) is 25.0. The van der Waals surface area contributed by atoms with Gasteiger partial charge in [-0.25, -0.2) is 9.97 Å². The topological polar surface area (TPSA) is 62.7 Å². The number of imidazole rings is 1. The van der Waals surface area contributed by atoms with Crippen LogP contribution in [0.15, 0.2) is 24.7 Å². The van der Waals surface area contributed by atoms with Crippen molar-refractivity contribution in [2.75, 3.05) is 31.9 Å². The zero-order valence-corrected chi connectivity index (χ0v) is 16.1. The summed E-state index contributed by atoms with van der Waals surface area (Å²) in [6, 6.07) is 0.687. The van der Waals surface area contributed by atoms with Crippen LogP contribution < -0.4 is 5.73 Å². The number of nitrogens with two attached hydrogens (primary N) is 1. The van der Waals surface area contributed by atoms with Crippen LogP contribution in [0.1, 0.15) is 31.5 Å². The first kappa shape index (κ1) is 16.1. The van der Waals surface area contributed by atoms with Crippen LogP contribution in [-0.2, 0) is 0 Å². The molecule has 1 aliphatic heterocycles. The first-order chi connectivity index (χ1) is 11.5. The summed E-state index contributed by atoms with van der Waals surface area (Å²) < 4.78 is 3.08. The molecular formula is C17H23IN6. The third-order valence-corrected chi connectivity index (χ3v) is 6.17. The van der Waals surface area contributed by atoms with Crippen LogP contribution in [-0.4, -0.2) is 56.4 Å².